The van der Waals surface area contributed by atoms with E-state index in [1.165, 1.54) is 24.3 Å². The second-order valence-corrected chi connectivity index (χ2v) is 4.33. The van der Waals surface area contributed by atoms with E-state index in [0.29, 0.717) is 12.1 Å². The zero-order valence-corrected chi connectivity index (χ0v) is 11.3. The molecule has 0 fully saturated rings. The van der Waals surface area contributed by atoms with Gasteiger partial charge in [-0.25, -0.2) is 0 Å². The molecule has 0 saturated carbocycles. The van der Waals surface area contributed by atoms with Gasteiger partial charge in [-0.1, -0.05) is 0 Å². The SMILES string of the molecule is CNC(C)CNC(=O)c1ccc(OCC(F)(F)F)cc1. The van der Waals surface area contributed by atoms with Crippen molar-refractivity contribution in [2.75, 3.05) is 20.2 Å². The molecule has 2 N–H and O–H groups in total. The molecular weight excluding hydrogens is 273 g/mol. The van der Waals surface area contributed by atoms with Crippen LogP contribution in [-0.2, 0) is 0 Å². The van der Waals surface area contributed by atoms with Crippen LogP contribution < -0.4 is 15.4 Å². The van der Waals surface area contributed by atoms with E-state index in [1.54, 1.807) is 7.05 Å². The third kappa shape index (κ3) is 5.92. The van der Waals surface area contributed by atoms with Gasteiger partial charge in [0.15, 0.2) is 6.61 Å². The zero-order chi connectivity index (χ0) is 15.2. The quantitative estimate of drug-likeness (QED) is 0.842. The van der Waals surface area contributed by atoms with Crippen LogP contribution in [0.3, 0.4) is 0 Å². The smallest absolute Gasteiger partial charge is 0.422 e. The van der Waals surface area contributed by atoms with Crippen LogP contribution in [0, 0.1) is 0 Å². The summed E-state index contributed by atoms with van der Waals surface area (Å²) >= 11 is 0. The van der Waals surface area contributed by atoms with Crippen LogP contribution in [0.15, 0.2) is 24.3 Å². The lowest BCUT2D eigenvalue weighted by Gasteiger charge is -2.12. The normalized spacial score (nSPS) is 12.8. The second kappa shape index (κ2) is 7.14. The summed E-state index contributed by atoms with van der Waals surface area (Å²) in [7, 11) is 1.78. The molecule has 1 unspecified atom stereocenters. The molecule has 1 aromatic carbocycles. The largest absolute Gasteiger partial charge is 0.484 e. The van der Waals surface area contributed by atoms with Crippen LogP contribution in [0.4, 0.5) is 13.2 Å². The van der Waals surface area contributed by atoms with Crippen LogP contribution in [-0.4, -0.2) is 38.3 Å². The third-order valence-electron chi connectivity index (χ3n) is 2.58. The Bertz CT molecular complexity index is 432. The van der Waals surface area contributed by atoms with Gasteiger partial charge in [0.2, 0.25) is 0 Å². The Labute approximate surface area is 115 Å². The van der Waals surface area contributed by atoms with E-state index in [2.05, 4.69) is 15.4 Å². The van der Waals surface area contributed by atoms with Gasteiger partial charge in [-0.3, -0.25) is 4.79 Å². The molecule has 20 heavy (non-hydrogen) atoms. The average Bonchev–Trinajstić information content (AvgIpc) is 2.41. The van der Waals surface area contributed by atoms with Crippen molar-refractivity contribution in [2.24, 2.45) is 0 Å². The monoisotopic (exact) mass is 290 g/mol. The Balaban J connectivity index is 2.51. The number of likely N-dealkylation sites (N-methyl/N-ethyl adjacent to an activating group) is 1. The van der Waals surface area contributed by atoms with E-state index in [-0.39, 0.29) is 17.7 Å². The zero-order valence-electron chi connectivity index (χ0n) is 11.3. The lowest BCUT2D eigenvalue weighted by atomic mass is 10.2. The highest BCUT2D eigenvalue weighted by Crippen LogP contribution is 2.18. The Kier molecular flexibility index (Phi) is 5.82. The standard InChI is InChI=1S/C13H17F3N2O2/c1-9(17-2)7-18-12(19)10-3-5-11(6-4-10)20-8-13(14,15)16/h3-6,9,17H,7-8H2,1-2H3,(H,18,19). The molecule has 0 aliphatic carbocycles. The first kappa shape index (κ1) is 16.3. The molecule has 1 amide bonds. The maximum atomic E-state index is 12.0. The topological polar surface area (TPSA) is 50.4 Å². The first-order valence-electron chi connectivity index (χ1n) is 6.07. The first-order chi connectivity index (χ1) is 9.31. The van der Waals surface area contributed by atoms with E-state index in [0.717, 1.165) is 0 Å². The molecule has 0 bridgehead atoms. The summed E-state index contributed by atoms with van der Waals surface area (Å²) in [6, 6.07) is 5.65. The summed E-state index contributed by atoms with van der Waals surface area (Å²) in [6.45, 7) is 1.02. The summed E-state index contributed by atoms with van der Waals surface area (Å²) in [5, 5.41) is 5.67. The Morgan fingerprint density at radius 3 is 2.40 bits per heavy atom. The van der Waals surface area contributed by atoms with E-state index in [9.17, 15) is 18.0 Å². The summed E-state index contributed by atoms with van der Waals surface area (Å²) in [5.74, 6) is -0.211. The number of carbonyl (C=O) groups is 1. The molecule has 0 heterocycles. The average molecular weight is 290 g/mol. The second-order valence-electron chi connectivity index (χ2n) is 4.33. The van der Waals surface area contributed by atoms with Gasteiger partial charge in [0, 0.05) is 18.2 Å². The van der Waals surface area contributed by atoms with Gasteiger partial charge >= 0.3 is 6.18 Å². The Hall–Kier alpha value is -1.76. The van der Waals surface area contributed by atoms with Crippen molar-refractivity contribution in [2.45, 2.75) is 19.1 Å². The van der Waals surface area contributed by atoms with Crippen molar-refractivity contribution >= 4 is 5.91 Å². The summed E-state index contributed by atoms with van der Waals surface area (Å²) in [6.07, 6.45) is -4.38. The van der Waals surface area contributed by atoms with Gasteiger partial charge in [0.1, 0.15) is 5.75 Å². The summed E-state index contributed by atoms with van der Waals surface area (Å²) in [4.78, 5) is 11.7. The van der Waals surface area contributed by atoms with E-state index < -0.39 is 12.8 Å². The lowest BCUT2D eigenvalue weighted by molar-refractivity contribution is -0.153. The van der Waals surface area contributed by atoms with E-state index in [4.69, 9.17) is 0 Å². The number of rotatable bonds is 6. The van der Waals surface area contributed by atoms with Crippen LogP contribution >= 0.6 is 0 Å². The van der Waals surface area contributed by atoms with Gasteiger partial charge in [-0.05, 0) is 38.2 Å². The number of benzene rings is 1. The molecule has 112 valence electrons. The molecule has 0 aliphatic rings. The highest BCUT2D eigenvalue weighted by atomic mass is 19.4. The van der Waals surface area contributed by atoms with Crippen LogP contribution in [0.5, 0.6) is 5.75 Å². The van der Waals surface area contributed by atoms with E-state index in [1.807, 2.05) is 6.92 Å². The minimum Gasteiger partial charge on any atom is -0.484 e. The van der Waals surface area contributed by atoms with Gasteiger partial charge in [-0.2, -0.15) is 13.2 Å². The highest BCUT2D eigenvalue weighted by Gasteiger charge is 2.28. The predicted octanol–water partition coefficient (Wildman–Crippen LogP) is 1.97. The molecule has 0 radical (unpaired) electrons. The van der Waals surface area contributed by atoms with Crippen molar-refractivity contribution in [1.82, 2.24) is 10.6 Å². The fourth-order valence-electron chi connectivity index (χ4n) is 1.32. The molecule has 1 rings (SSSR count). The number of nitrogens with one attached hydrogen (secondary N) is 2. The number of ether oxygens (including phenoxy) is 1. The molecule has 0 spiro atoms. The summed E-state index contributed by atoms with van der Waals surface area (Å²) < 4.78 is 40.4. The van der Waals surface area contributed by atoms with Crippen LogP contribution in [0.25, 0.3) is 0 Å². The van der Waals surface area contributed by atoms with Gasteiger partial charge < -0.3 is 15.4 Å². The van der Waals surface area contributed by atoms with Gasteiger partial charge in [0.05, 0.1) is 0 Å². The molecule has 0 aromatic heterocycles. The van der Waals surface area contributed by atoms with Gasteiger partial charge in [0.25, 0.3) is 5.91 Å². The van der Waals surface area contributed by atoms with E-state index >= 15 is 0 Å². The molecule has 7 heteroatoms. The number of alkyl halides is 3. The molecular formula is C13H17F3N2O2. The molecule has 1 atom stereocenters. The van der Waals surface area contributed by atoms with Crippen LogP contribution in [0.1, 0.15) is 17.3 Å². The molecule has 0 saturated heterocycles. The fraction of sp³-hybridized carbons (Fsp3) is 0.462. The van der Waals surface area contributed by atoms with Crippen molar-refractivity contribution < 1.29 is 22.7 Å². The number of carbonyl (C=O) groups excluding carboxylic acids is 1. The molecule has 4 nitrogen and oxygen atoms in total. The Morgan fingerprint density at radius 1 is 1.30 bits per heavy atom. The minimum absolute atomic E-state index is 0.0717. The maximum absolute atomic E-state index is 12.0. The van der Waals surface area contributed by atoms with Crippen molar-refractivity contribution in [3.63, 3.8) is 0 Å². The number of halogens is 3. The van der Waals surface area contributed by atoms with Crippen molar-refractivity contribution in [1.29, 1.82) is 0 Å². The predicted molar refractivity (Wildman–Crippen MR) is 68.8 cm³/mol. The molecule has 0 aliphatic heterocycles. The van der Waals surface area contributed by atoms with Gasteiger partial charge in [-0.15, -0.1) is 0 Å². The fourth-order valence-corrected chi connectivity index (χ4v) is 1.32. The first-order valence-corrected chi connectivity index (χ1v) is 6.07. The third-order valence-corrected chi connectivity index (χ3v) is 2.58. The van der Waals surface area contributed by atoms with Crippen LogP contribution in [0.2, 0.25) is 0 Å². The number of hydrogen-bond acceptors (Lipinski definition) is 3. The highest BCUT2D eigenvalue weighted by molar-refractivity contribution is 5.94. The number of amides is 1. The maximum Gasteiger partial charge on any atom is 0.422 e. The molecule has 1 aromatic rings. The minimum atomic E-state index is -4.38. The van der Waals surface area contributed by atoms with Crippen molar-refractivity contribution in [3.8, 4) is 5.75 Å². The number of hydrogen-bond donors (Lipinski definition) is 2. The lowest BCUT2D eigenvalue weighted by Crippen LogP contribution is -2.37. The van der Waals surface area contributed by atoms with Crippen molar-refractivity contribution in [3.05, 3.63) is 29.8 Å². The summed E-state index contributed by atoms with van der Waals surface area (Å²) in [5.41, 5.74) is 0.368. The Morgan fingerprint density at radius 2 is 1.90 bits per heavy atom.